The zero-order valence-corrected chi connectivity index (χ0v) is 22.9. The molecule has 0 spiro atoms. The summed E-state index contributed by atoms with van der Waals surface area (Å²) in [6.45, 7) is 0.568. The molecule has 3 aliphatic carbocycles. The summed E-state index contributed by atoms with van der Waals surface area (Å²) in [5.74, 6) is -6.49. The normalized spacial score (nSPS) is 26.5. The predicted octanol–water partition coefficient (Wildman–Crippen LogP) is 0.999. The van der Waals surface area contributed by atoms with Crippen LogP contribution in [0.4, 0.5) is 5.69 Å². The second-order valence-corrected chi connectivity index (χ2v) is 11.1. The zero-order valence-electron chi connectivity index (χ0n) is 22.9. The van der Waals surface area contributed by atoms with Crippen molar-refractivity contribution in [3.8, 4) is 5.75 Å². The van der Waals surface area contributed by atoms with E-state index >= 15 is 0 Å². The van der Waals surface area contributed by atoms with Crippen LogP contribution in [0.3, 0.4) is 0 Å². The third kappa shape index (κ3) is 4.29. The van der Waals surface area contributed by atoms with E-state index in [-0.39, 0.29) is 29.7 Å². The van der Waals surface area contributed by atoms with E-state index in [1.54, 1.807) is 21.2 Å². The molecule has 1 amide bonds. The summed E-state index contributed by atoms with van der Waals surface area (Å²) in [4.78, 5) is 42.7. The molecule has 0 saturated heterocycles. The molecular formula is C28H37N3O8. The number of ether oxygens (including phenoxy) is 1. The number of nitrogens with zero attached hydrogens (tertiary/aromatic N) is 2. The topological polar surface area (TPSA) is 174 Å². The number of hydrogen-bond acceptors (Lipinski definition) is 10. The van der Waals surface area contributed by atoms with Gasteiger partial charge in [0.25, 0.3) is 5.91 Å². The third-order valence-electron chi connectivity index (χ3n) is 8.30. The Morgan fingerprint density at radius 2 is 1.82 bits per heavy atom. The molecule has 1 fully saturated rings. The number of Topliss-reactive ketones (excluding diaryl/α,β-unsaturated/α-hetero) is 2. The monoisotopic (exact) mass is 543 g/mol. The molecule has 1 aromatic rings. The Balaban J connectivity index is 1.92. The van der Waals surface area contributed by atoms with Gasteiger partial charge < -0.3 is 35.8 Å². The number of unbranched alkanes of at least 4 members (excludes halogenated alkanes) is 1. The van der Waals surface area contributed by atoms with E-state index in [1.807, 2.05) is 25.1 Å². The number of aromatic hydroxyl groups is 1. The number of carbonyl (C=O) groups is 3. The van der Waals surface area contributed by atoms with Crippen molar-refractivity contribution in [2.75, 3.05) is 46.8 Å². The van der Waals surface area contributed by atoms with E-state index in [9.17, 15) is 34.8 Å². The fraction of sp³-hybridized carbons (Fsp3) is 0.536. The van der Waals surface area contributed by atoms with Gasteiger partial charge in [-0.25, -0.2) is 0 Å². The van der Waals surface area contributed by atoms with Gasteiger partial charge in [0.2, 0.25) is 5.78 Å². The highest BCUT2D eigenvalue weighted by Crippen LogP contribution is 2.54. The van der Waals surface area contributed by atoms with Crippen molar-refractivity contribution < 1.29 is 39.5 Å². The molecule has 0 aliphatic heterocycles. The van der Waals surface area contributed by atoms with Crippen LogP contribution in [0.1, 0.15) is 36.0 Å². The first-order chi connectivity index (χ1) is 18.3. The molecule has 11 heteroatoms. The first kappa shape index (κ1) is 28.6. The van der Waals surface area contributed by atoms with Crippen LogP contribution in [-0.2, 0) is 32.0 Å². The van der Waals surface area contributed by atoms with Crippen molar-refractivity contribution in [1.82, 2.24) is 4.90 Å². The summed E-state index contributed by atoms with van der Waals surface area (Å²) in [5.41, 5.74) is 3.86. The van der Waals surface area contributed by atoms with E-state index in [0.717, 1.165) is 18.5 Å². The maximum atomic E-state index is 14.0. The number of phenols is 1. The highest BCUT2D eigenvalue weighted by molar-refractivity contribution is 6.24. The predicted molar refractivity (Wildman–Crippen MR) is 143 cm³/mol. The van der Waals surface area contributed by atoms with Crippen molar-refractivity contribution in [1.29, 1.82) is 0 Å². The summed E-state index contributed by atoms with van der Waals surface area (Å²) in [7, 11) is 8.45. The fourth-order valence-corrected chi connectivity index (χ4v) is 6.50. The summed E-state index contributed by atoms with van der Waals surface area (Å²) < 4.78 is 5.11. The molecule has 39 heavy (non-hydrogen) atoms. The minimum absolute atomic E-state index is 0.0537. The number of nitrogens with two attached hydrogens (primary N) is 1. The molecule has 1 aromatic carbocycles. The van der Waals surface area contributed by atoms with Gasteiger partial charge in [0.05, 0.1) is 11.6 Å². The van der Waals surface area contributed by atoms with E-state index in [0.29, 0.717) is 24.2 Å². The Bertz CT molecular complexity index is 1300. The molecular weight excluding hydrogens is 506 g/mol. The number of phenolic OH excluding ortho intramolecular Hbond substituents is 1. The smallest absolute Gasteiger partial charge is 0.255 e. The SMILES string of the molecule is COCCCCc1cc(N(C)C)c2c(c1O)C(O)=C1C(=O)[C@]3(O)C(O)=C(C(N)=O)C(=O)[C@@H](N(C)C)[C@@H]3C[C@@H]1C2. The summed E-state index contributed by atoms with van der Waals surface area (Å²) in [5, 5.41) is 45.5. The lowest BCUT2D eigenvalue weighted by Gasteiger charge is -2.50. The van der Waals surface area contributed by atoms with Crippen LogP contribution >= 0.6 is 0 Å². The number of likely N-dealkylation sites (N-methyl/N-ethyl adjacent to an activating group) is 1. The largest absolute Gasteiger partial charge is 0.508 e. The number of hydrogen-bond donors (Lipinski definition) is 5. The molecule has 212 valence electrons. The van der Waals surface area contributed by atoms with Crippen LogP contribution in [0, 0.1) is 11.8 Å². The second kappa shape index (κ2) is 10.3. The molecule has 4 rings (SSSR count). The number of aliphatic hydroxyl groups is 3. The van der Waals surface area contributed by atoms with Gasteiger partial charge in [0, 0.05) is 45.0 Å². The molecule has 1 saturated carbocycles. The van der Waals surface area contributed by atoms with Crippen LogP contribution in [0.2, 0.25) is 0 Å². The maximum Gasteiger partial charge on any atom is 0.255 e. The van der Waals surface area contributed by atoms with Gasteiger partial charge in [0.1, 0.15) is 22.8 Å². The van der Waals surface area contributed by atoms with Crippen LogP contribution in [-0.4, -0.2) is 96.3 Å². The highest BCUT2D eigenvalue weighted by Gasteiger charge is 2.64. The Hall–Kier alpha value is -3.41. The lowest BCUT2D eigenvalue weighted by molar-refractivity contribution is -0.153. The number of ketones is 2. The van der Waals surface area contributed by atoms with Crippen LogP contribution in [0.5, 0.6) is 5.75 Å². The summed E-state index contributed by atoms with van der Waals surface area (Å²) in [6, 6.07) is 0.763. The average Bonchev–Trinajstić information content (AvgIpc) is 2.84. The molecule has 0 unspecified atom stereocenters. The number of rotatable bonds is 8. The van der Waals surface area contributed by atoms with Crippen LogP contribution in [0.25, 0.3) is 5.76 Å². The Morgan fingerprint density at radius 3 is 2.38 bits per heavy atom. The van der Waals surface area contributed by atoms with Crippen molar-refractivity contribution in [3.05, 3.63) is 39.7 Å². The van der Waals surface area contributed by atoms with E-state index in [1.165, 1.54) is 4.90 Å². The number of amides is 1. The van der Waals surface area contributed by atoms with Crippen LogP contribution < -0.4 is 10.6 Å². The number of carbonyl (C=O) groups excluding carboxylic acids is 3. The Kier molecular flexibility index (Phi) is 7.54. The quantitative estimate of drug-likeness (QED) is 0.235. The van der Waals surface area contributed by atoms with E-state index in [4.69, 9.17) is 10.5 Å². The average molecular weight is 544 g/mol. The number of primary amides is 1. The molecule has 0 radical (unpaired) electrons. The van der Waals surface area contributed by atoms with Gasteiger partial charge in [-0.05, 0) is 69.3 Å². The van der Waals surface area contributed by atoms with Crippen molar-refractivity contribution in [2.24, 2.45) is 17.6 Å². The van der Waals surface area contributed by atoms with Gasteiger partial charge in [-0.3, -0.25) is 19.3 Å². The molecule has 0 bridgehead atoms. The second-order valence-electron chi connectivity index (χ2n) is 11.1. The first-order valence-corrected chi connectivity index (χ1v) is 13.0. The number of fused-ring (bicyclic) bond motifs is 3. The highest BCUT2D eigenvalue weighted by atomic mass is 16.5. The van der Waals surface area contributed by atoms with Gasteiger partial charge in [-0.1, -0.05) is 0 Å². The maximum absolute atomic E-state index is 14.0. The molecule has 3 aliphatic rings. The van der Waals surface area contributed by atoms with Crippen molar-refractivity contribution >= 4 is 28.9 Å². The Morgan fingerprint density at radius 1 is 1.15 bits per heavy atom. The number of anilines is 1. The molecule has 0 heterocycles. The summed E-state index contributed by atoms with van der Waals surface area (Å²) >= 11 is 0. The number of aliphatic hydroxyl groups excluding tert-OH is 2. The zero-order chi connectivity index (χ0) is 29.0. The molecule has 0 aromatic heterocycles. The van der Waals surface area contributed by atoms with Gasteiger partial charge >= 0.3 is 0 Å². The van der Waals surface area contributed by atoms with E-state index in [2.05, 4.69) is 0 Å². The minimum atomic E-state index is -2.65. The van der Waals surface area contributed by atoms with Crippen LogP contribution in [0.15, 0.2) is 23.0 Å². The number of methoxy groups -OCH3 is 1. The molecule has 6 N–H and O–H groups in total. The first-order valence-electron chi connectivity index (χ1n) is 13.0. The molecule has 4 atom stereocenters. The van der Waals surface area contributed by atoms with Gasteiger partial charge in [-0.2, -0.15) is 0 Å². The lowest BCUT2D eigenvalue weighted by atomic mass is 9.57. The van der Waals surface area contributed by atoms with Crippen molar-refractivity contribution in [3.63, 3.8) is 0 Å². The number of aryl methyl sites for hydroxylation is 1. The van der Waals surface area contributed by atoms with Gasteiger partial charge in [0.15, 0.2) is 11.4 Å². The van der Waals surface area contributed by atoms with Gasteiger partial charge in [-0.15, -0.1) is 0 Å². The lowest BCUT2D eigenvalue weighted by Crippen LogP contribution is -2.65. The Labute approximate surface area is 227 Å². The fourth-order valence-electron chi connectivity index (χ4n) is 6.50. The van der Waals surface area contributed by atoms with Crippen molar-refractivity contribution in [2.45, 2.75) is 43.7 Å². The minimum Gasteiger partial charge on any atom is -0.508 e. The summed E-state index contributed by atoms with van der Waals surface area (Å²) in [6.07, 6.45) is 2.30. The number of benzene rings is 1. The third-order valence-corrected chi connectivity index (χ3v) is 8.30. The molecule has 11 nitrogen and oxygen atoms in total. The van der Waals surface area contributed by atoms with E-state index < -0.39 is 58.0 Å². The standard InChI is InChI=1S/C28H37N3O8/c1-30(2)17-12-13(8-6-7-9-39-5)22(32)19-15(17)10-14-11-16-21(31(3)4)24(34)20(27(29)37)26(36)28(16,38)25(35)18(14)23(19)33/h12,14,16,21,32-33,36,38H,6-11H2,1-5H3,(H2,29,37)/t14-,16-,21-,28-/m0/s1.